The van der Waals surface area contributed by atoms with Gasteiger partial charge in [-0.1, -0.05) is 42.5 Å². The molecule has 2 nitrogen and oxygen atoms in total. The number of aryl methyl sites for hydroxylation is 3. The Kier molecular flexibility index (Phi) is 4.76. The van der Waals surface area contributed by atoms with Crippen LogP contribution in [-0.4, -0.2) is 9.55 Å². The van der Waals surface area contributed by atoms with E-state index in [1.807, 2.05) is 24.4 Å². The lowest BCUT2D eigenvalue weighted by Gasteiger charge is -2.12. The van der Waals surface area contributed by atoms with E-state index in [0.29, 0.717) is 0 Å². The van der Waals surface area contributed by atoms with Gasteiger partial charge in [0.05, 0.1) is 11.2 Å². The molecular formula is C24H23FN2. The van der Waals surface area contributed by atoms with E-state index in [1.165, 1.54) is 39.9 Å². The lowest BCUT2D eigenvalue weighted by molar-refractivity contribution is 0.626. The van der Waals surface area contributed by atoms with Crippen molar-refractivity contribution >= 4 is 10.9 Å². The Morgan fingerprint density at radius 2 is 1.59 bits per heavy atom. The largest absolute Gasteiger partial charge is 0.339 e. The van der Waals surface area contributed by atoms with E-state index >= 15 is 0 Å². The highest BCUT2D eigenvalue weighted by molar-refractivity contribution is 5.87. The minimum atomic E-state index is -0.200. The van der Waals surface area contributed by atoms with Crippen LogP contribution < -0.4 is 0 Å². The fraction of sp³-hybridized carbons (Fsp3) is 0.208. The van der Waals surface area contributed by atoms with Crippen molar-refractivity contribution in [1.29, 1.82) is 0 Å². The van der Waals surface area contributed by atoms with Gasteiger partial charge in [-0.25, -0.2) is 4.39 Å². The van der Waals surface area contributed by atoms with Crippen molar-refractivity contribution in [2.75, 3.05) is 0 Å². The quantitative estimate of drug-likeness (QED) is 0.452. The molecule has 0 aliphatic carbocycles. The van der Waals surface area contributed by atoms with Crippen LogP contribution in [0.3, 0.4) is 0 Å². The summed E-state index contributed by atoms with van der Waals surface area (Å²) in [6.07, 6.45) is 3.78. The molecule has 2 aromatic heterocycles. The molecule has 4 aromatic rings. The molecule has 0 saturated carbocycles. The van der Waals surface area contributed by atoms with Gasteiger partial charge < -0.3 is 4.57 Å². The van der Waals surface area contributed by atoms with Gasteiger partial charge in [-0.15, -0.1) is 0 Å². The first kappa shape index (κ1) is 17.5. The van der Waals surface area contributed by atoms with Gasteiger partial charge in [0.1, 0.15) is 5.82 Å². The summed E-state index contributed by atoms with van der Waals surface area (Å²) in [5.74, 6) is -0.200. The Morgan fingerprint density at radius 3 is 2.33 bits per heavy atom. The van der Waals surface area contributed by atoms with Crippen molar-refractivity contribution in [2.24, 2.45) is 0 Å². The Labute approximate surface area is 159 Å². The summed E-state index contributed by atoms with van der Waals surface area (Å²) in [7, 11) is 0. The van der Waals surface area contributed by atoms with Gasteiger partial charge in [-0.05, 0) is 61.6 Å². The number of benzene rings is 2. The fourth-order valence-electron chi connectivity index (χ4n) is 3.73. The summed E-state index contributed by atoms with van der Waals surface area (Å²) in [6, 6.07) is 19.4. The second kappa shape index (κ2) is 7.36. The molecule has 0 aliphatic heterocycles. The molecule has 2 heterocycles. The molecule has 0 aliphatic rings. The van der Waals surface area contributed by atoms with E-state index in [9.17, 15) is 4.39 Å². The van der Waals surface area contributed by atoms with Crippen LogP contribution in [0.15, 0.2) is 66.9 Å². The lowest BCUT2D eigenvalue weighted by atomic mass is 10.1. The van der Waals surface area contributed by atoms with Crippen LogP contribution in [0.2, 0.25) is 0 Å². The standard InChI is InChI=1S/C24H23FN2/c1-17-18(2)27(16-20-8-11-21(25)12-9-20)24-22(17)14-15-26-23(24)13-10-19-6-4-3-5-7-19/h3-9,11-12,14-15H,10,13,16H2,1-2H3. The number of hydrogen-bond donors (Lipinski definition) is 0. The molecule has 0 bridgehead atoms. The van der Waals surface area contributed by atoms with Crippen LogP contribution in [0.25, 0.3) is 10.9 Å². The Hall–Kier alpha value is -2.94. The maximum atomic E-state index is 13.3. The second-order valence-corrected chi connectivity index (χ2v) is 7.06. The van der Waals surface area contributed by atoms with Crippen LogP contribution in [0.5, 0.6) is 0 Å². The first-order valence-corrected chi connectivity index (χ1v) is 9.35. The van der Waals surface area contributed by atoms with Gasteiger partial charge in [-0.2, -0.15) is 0 Å². The van der Waals surface area contributed by atoms with Gasteiger partial charge >= 0.3 is 0 Å². The molecule has 0 saturated heterocycles. The van der Waals surface area contributed by atoms with Crippen LogP contribution in [-0.2, 0) is 19.4 Å². The number of aromatic nitrogens is 2. The van der Waals surface area contributed by atoms with Crippen molar-refractivity contribution in [3.63, 3.8) is 0 Å². The Morgan fingerprint density at radius 1 is 0.852 bits per heavy atom. The molecule has 0 unspecified atom stereocenters. The SMILES string of the molecule is Cc1c(C)n(Cc2ccc(F)cc2)c2c(CCc3ccccc3)nccc12. The lowest BCUT2D eigenvalue weighted by Crippen LogP contribution is -2.05. The topological polar surface area (TPSA) is 17.8 Å². The van der Waals surface area contributed by atoms with Gasteiger partial charge in [0, 0.05) is 23.8 Å². The van der Waals surface area contributed by atoms with E-state index in [0.717, 1.165) is 30.6 Å². The van der Waals surface area contributed by atoms with Crippen molar-refractivity contribution in [3.05, 3.63) is 101 Å². The minimum Gasteiger partial charge on any atom is -0.339 e. The molecular weight excluding hydrogens is 335 g/mol. The summed E-state index contributed by atoms with van der Waals surface area (Å²) in [5, 5.41) is 1.26. The zero-order chi connectivity index (χ0) is 18.8. The molecule has 0 fully saturated rings. The molecule has 3 heteroatoms. The number of halogens is 1. The molecule has 27 heavy (non-hydrogen) atoms. The predicted molar refractivity (Wildman–Crippen MR) is 109 cm³/mol. The third-order valence-electron chi connectivity index (χ3n) is 5.37. The molecule has 0 atom stereocenters. The zero-order valence-electron chi connectivity index (χ0n) is 15.7. The average molecular weight is 358 g/mol. The van der Waals surface area contributed by atoms with Gasteiger partial charge in [0.2, 0.25) is 0 Å². The third-order valence-corrected chi connectivity index (χ3v) is 5.37. The number of pyridine rings is 1. The Bertz CT molecular complexity index is 1060. The monoisotopic (exact) mass is 358 g/mol. The van der Waals surface area contributed by atoms with E-state index in [-0.39, 0.29) is 5.82 Å². The van der Waals surface area contributed by atoms with Gasteiger partial charge in [0.15, 0.2) is 0 Å². The number of rotatable bonds is 5. The van der Waals surface area contributed by atoms with Crippen molar-refractivity contribution < 1.29 is 4.39 Å². The smallest absolute Gasteiger partial charge is 0.123 e. The van der Waals surface area contributed by atoms with E-state index < -0.39 is 0 Å². The Balaban J connectivity index is 1.73. The molecule has 4 rings (SSSR count). The highest BCUT2D eigenvalue weighted by Crippen LogP contribution is 2.28. The maximum Gasteiger partial charge on any atom is 0.123 e. The minimum absolute atomic E-state index is 0.200. The summed E-state index contributed by atoms with van der Waals surface area (Å²) in [4.78, 5) is 4.71. The number of hydrogen-bond acceptors (Lipinski definition) is 1. The average Bonchev–Trinajstić information content (AvgIpc) is 2.94. The van der Waals surface area contributed by atoms with Crippen LogP contribution >= 0.6 is 0 Å². The number of nitrogens with zero attached hydrogens (tertiary/aromatic N) is 2. The molecule has 0 spiro atoms. The highest BCUT2D eigenvalue weighted by Gasteiger charge is 2.15. The predicted octanol–water partition coefficient (Wildman–Crippen LogP) is 5.63. The summed E-state index contributed by atoms with van der Waals surface area (Å²) in [5.41, 5.74) is 7.26. The normalized spacial score (nSPS) is 11.2. The van der Waals surface area contributed by atoms with Gasteiger partial charge in [0.25, 0.3) is 0 Å². The van der Waals surface area contributed by atoms with Crippen molar-refractivity contribution in [3.8, 4) is 0 Å². The van der Waals surface area contributed by atoms with Crippen LogP contribution in [0.1, 0.15) is 28.1 Å². The fourth-order valence-corrected chi connectivity index (χ4v) is 3.73. The van der Waals surface area contributed by atoms with Crippen LogP contribution in [0, 0.1) is 19.7 Å². The third kappa shape index (κ3) is 3.50. The van der Waals surface area contributed by atoms with Crippen molar-refractivity contribution in [2.45, 2.75) is 33.2 Å². The summed E-state index contributed by atoms with van der Waals surface area (Å²) in [6.45, 7) is 5.04. The van der Waals surface area contributed by atoms with E-state index in [4.69, 9.17) is 4.98 Å². The second-order valence-electron chi connectivity index (χ2n) is 7.06. The molecule has 0 N–H and O–H groups in total. The molecule has 2 aromatic carbocycles. The van der Waals surface area contributed by atoms with Crippen molar-refractivity contribution in [1.82, 2.24) is 9.55 Å². The summed E-state index contributed by atoms with van der Waals surface area (Å²) < 4.78 is 15.6. The zero-order valence-corrected chi connectivity index (χ0v) is 15.7. The van der Waals surface area contributed by atoms with Gasteiger partial charge in [-0.3, -0.25) is 4.98 Å². The van der Waals surface area contributed by atoms with Crippen LogP contribution in [0.4, 0.5) is 4.39 Å². The molecule has 0 radical (unpaired) electrons. The first-order chi connectivity index (χ1) is 13.1. The molecule has 136 valence electrons. The first-order valence-electron chi connectivity index (χ1n) is 9.35. The van der Waals surface area contributed by atoms with E-state index in [1.54, 1.807) is 0 Å². The van der Waals surface area contributed by atoms with E-state index in [2.05, 4.69) is 48.7 Å². The number of fused-ring (bicyclic) bond motifs is 1. The summed E-state index contributed by atoms with van der Waals surface area (Å²) >= 11 is 0. The molecule has 0 amide bonds. The maximum absolute atomic E-state index is 13.3. The highest BCUT2D eigenvalue weighted by atomic mass is 19.1.